The summed E-state index contributed by atoms with van der Waals surface area (Å²) in [6.07, 6.45) is 3.23. The summed E-state index contributed by atoms with van der Waals surface area (Å²) >= 11 is 0. The van der Waals surface area contributed by atoms with Crippen molar-refractivity contribution in [3.8, 4) is 0 Å². The van der Waals surface area contributed by atoms with Crippen LogP contribution in [-0.4, -0.2) is 57.1 Å². The number of hydrogen-bond donors (Lipinski definition) is 0. The molecule has 0 atom stereocenters. The lowest BCUT2D eigenvalue weighted by atomic mass is 10.3. The van der Waals surface area contributed by atoms with Crippen molar-refractivity contribution in [2.75, 3.05) is 37.6 Å². The lowest BCUT2D eigenvalue weighted by Crippen LogP contribution is -2.47. The minimum Gasteiger partial charge on any atom is -0.338 e. The minimum absolute atomic E-state index is 0.155. The zero-order chi connectivity index (χ0) is 17.0. The van der Waals surface area contributed by atoms with E-state index in [9.17, 15) is 13.2 Å². The monoisotopic (exact) mass is 340 g/mol. The summed E-state index contributed by atoms with van der Waals surface area (Å²) in [6.45, 7) is 4.72. The number of halogens is 3. The van der Waals surface area contributed by atoms with E-state index >= 15 is 0 Å². The molecule has 1 aliphatic rings. The highest BCUT2D eigenvalue weighted by Crippen LogP contribution is 2.28. The van der Waals surface area contributed by atoms with Crippen LogP contribution in [0.1, 0.15) is 12.1 Å². The summed E-state index contributed by atoms with van der Waals surface area (Å²) in [5.41, 5.74) is -0.893. The number of hydrogen-bond acceptors (Lipinski definition) is 5. The number of alkyl halides is 3. The van der Waals surface area contributed by atoms with Gasteiger partial charge in [-0.2, -0.15) is 13.2 Å². The molecule has 1 aliphatic heterocycles. The molecule has 1 fully saturated rings. The topological polar surface area (TPSA) is 50.1 Å². The Kier molecular flexibility index (Phi) is 4.98. The largest absolute Gasteiger partial charge is 0.433 e. The quantitative estimate of drug-likeness (QED) is 0.832. The first-order chi connectivity index (χ1) is 11.5. The van der Waals surface area contributed by atoms with Crippen LogP contribution in [0.2, 0.25) is 0 Å². The molecule has 0 N–H and O–H groups in total. The van der Waals surface area contributed by atoms with Crippen molar-refractivity contribution in [1.82, 2.24) is 24.4 Å². The van der Waals surface area contributed by atoms with E-state index in [0.717, 1.165) is 38.7 Å². The number of anilines is 1. The summed E-state index contributed by atoms with van der Waals surface area (Å²) in [5, 5.41) is 0. The summed E-state index contributed by atoms with van der Waals surface area (Å²) in [7, 11) is 0. The zero-order valence-corrected chi connectivity index (χ0v) is 13.2. The molecule has 0 amide bonds. The fourth-order valence-electron chi connectivity index (χ4n) is 2.73. The molecule has 2 aromatic rings. The molecule has 6 nitrogen and oxygen atoms in total. The van der Waals surface area contributed by atoms with E-state index in [1.54, 1.807) is 12.5 Å². The fourth-order valence-corrected chi connectivity index (χ4v) is 2.73. The predicted molar refractivity (Wildman–Crippen MR) is 82.5 cm³/mol. The van der Waals surface area contributed by atoms with Crippen molar-refractivity contribution < 1.29 is 13.2 Å². The third-order valence-corrected chi connectivity index (χ3v) is 4.04. The highest BCUT2D eigenvalue weighted by Gasteiger charge is 2.33. The van der Waals surface area contributed by atoms with E-state index < -0.39 is 11.9 Å². The van der Waals surface area contributed by atoms with Crippen molar-refractivity contribution >= 4 is 5.95 Å². The molecule has 0 saturated carbocycles. The number of rotatable bonds is 5. The van der Waals surface area contributed by atoms with Gasteiger partial charge in [0.2, 0.25) is 5.95 Å². The van der Waals surface area contributed by atoms with Gasteiger partial charge in [-0.05, 0) is 19.0 Å². The molecule has 3 rings (SSSR count). The van der Waals surface area contributed by atoms with E-state index in [-0.39, 0.29) is 5.95 Å². The molecule has 2 aromatic heterocycles. The molecular weight excluding hydrogens is 321 g/mol. The fraction of sp³-hybridized carbons (Fsp3) is 0.533. The Bertz CT molecular complexity index is 635. The average Bonchev–Trinajstić information content (AvgIpc) is 3.08. The molecule has 0 bridgehead atoms. The second-order valence-electron chi connectivity index (χ2n) is 5.72. The van der Waals surface area contributed by atoms with Gasteiger partial charge in [0.05, 0.1) is 6.33 Å². The predicted octanol–water partition coefficient (Wildman–Crippen LogP) is 1.90. The molecule has 3 heterocycles. The first-order valence-electron chi connectivity index (χ1n) is 7.86. The molecular formula is C15H19F3N6. The van der Waals surface area contributed by atoms with Gasteiger partial charge >= 0.3 is 6.18 Å². The van der Waals surface area contributed by atoms with Crippen LogP contribution in [0, 0.1) is 0 Å². The molecule has 0 spiro atoms. The van der Waals surface area contributed by atoms with Crippen LogP contribution in [0.4, 0.5) is 19.1 Å². The van der Waals surface area contributed by atoms with Crippen molar-refractivity contribution in [2.24, 2.45) is 0 Å². The second-order valence-corrected chi connectivity index (χ2v) is 5.72. The maximum absolute atomic E-state index is 12.7. The van der Waals surface area contributed by atoms with E-state index in [1.165, 1.54) is 6.20 Å². The first-order valence-corrected chi connectivity index (χ1v) is 7.86. The summed E-state index contributed by atoms with van der Waals surface area (Å²) in [4.78, 5) is 15.8. The van der Waals surface area contributed by atoms with Crippen molar-refractivity contribution in [3.05, 3.63) is 36.7 Å². The van der Waals surface area contributed by atoms with E-state index in [0.29, 0.717) is 13.1 Å². The third kappa shape index (κ3) is 4.22. The Labute approximate surface area is 137 Å². The number of piperazine rings is 1. The van der Waals surface area contributed by atoms with Crippen LogP contribution < -0.4 is 4.90 Å². The Morgan fingerprint density at radius 2 is 1.83 bits per heavy atom. The number of aryl methyl sites for hydroxylation is 1. The van der Waals surface area contributed by atoms with Crippen molar-refractivity contribution in [3.63, 3.8) is 0 Å². The molecule has 130 valence electrons. The molecule has 0 unspecified atom stereocenters. The van der Waals surface area contributed by atoms with Crippen LogP contribution in [-0.2, 0) is 12.7 Å². The number of imidazole rings is 1. The second kappa shape index (κ2) is 7.16. The van der Waals surface area contributed by atoms with E-state index in [1.807, 2.05) is 15.7 Å². The molecule has 9 heteroatoms. The van der Waals surface area contributed by atoms with Gasteiger partial charge in [-0.1, -0.05) is 0 Å². The SMILES string of the molecule is FC(F)(F)c1ccnc(N2CCN(CCCn3ccnc3)CC2)n1. The summed E-state index contributed by atoms with van der Waals surface area (Å²) < 4.78 is 40.2. The standard InChI is InChI=1S/C15H19F3N6/c16-15(17,18)13-2-3-20-14(21-13)24-10-8-22(9-11-24)5-1-6-23-7-4-19-12-23/h2-4,7,12H,1,5-6,8-11H2. The smallest absolute Gasteiger partial charge is 0.338 e. The van der Waals surface area contributed by atoms with Gasteiger partial charge < -0.3 is 9.47 Å². The number of aromatic nitrogens is 4. The summed E-state index contributed by atoms with van der Waals surface area (Å²) in [5.74, 6) is 0.155. The van der Waals surface area contributed by atoms with Crippen LogP contribution in [0.15, 0.2) is 31.0 Å². The first kappa shape index (κ1) is 16.7. The van der Waals surface area contributed by atoms with E-state index in [4.69, 9.17) is 0 Å². The Hall–Kier alpha value is -2.16. The Morgan fingerprint density at radius 1 is 1.04 bits per heavy atom. The van der Waals surface area contributed by atoms with Gasteiger partial charge in [0.15, 0.2) is 0 Å². The van der Waals surface area contributed by atoms with Crippen molar-refractivity contribution in [1.29, 1.82) is 0 Å². The van der Waals surface area contributed by atoms with Crippen LogP contribution in [0.25, 0.3) is 0 Å². The average molecular weight is 340 g/mol. The highest BCUT2D eigenvalue weighted by molar-refractivity contribution is 5.31. The maximum atomic E-state index is 12.7. The zero-order valence-electron chi connectivity index (χ0n) is 13.2. The molecule has 1 saturated heterocycles. The molecule has 24 heavy (non-hydrogen) atoms. The molecule has 0 aliphatic carbocycles. The summed E-state index contributed by atoms with van der Waals surface area (Å²) in [6, 6.07) is 0.899. The molecule has 0 radical (unpaired) electrons. The van der Waals surface area contributed by atoms with Crippen LogP contribution in [0.3, 0.4) is 0 Å². The maximum Gasteiger partial charge on any atom is 0.433 e. The van der Waals surface area contributed by atoms with Gasteiger partial charge in [-0.15, -0.1) is 0 Å². The molecule has 0 aromatic carbocycles. The third-order valence-electron chi connectivity index (χ3n) is 4.04. The normalized spacial score (nSPS) is 16.5. The van der Waals surface area contributed by atoms with Gasteiger partial charge in [-0.25, -0.2) is 15.0 Å². The van der Waals surface area contributed by atoms with E-state index in [2.05, 4.69) is 19.9 Å². The lowest BCUT2D eigenvalue weighted by Gasteiger charge is -2.34. The van der Waals surface area contributed by atoms with Crippen LogP contribution in [0.5, 0.6) is 0 Å². The Morgan fingerprint density at radius 3 is 2.50 bits per heavy atom. The highest BCUT2D eigenvalue weighted by atomic mass is 19.4. The van der Waals surface area contributed by atoms with Crippen molar-refractivity contribution in [2.45, 2.75) is 19.1 Å². The lowest BCUT2D eigenvalue weighted by molar-refractivity contribution is -0.141. The minimum atomic E-state index is -4.44. The van der Waals surface area contributed by atoms with Gasteiger partial charge in [0.25, 0.3) is 0 Å². The number of nitrogens with zero attached hydrogens (tertiary/aromatic N) is 6. The van der Waals surface area contributed by atoms with Crippen LogP contribution >= 0.6 is 0 Å². The van der Waals surface area contributed by atoms with Gasteiger partial charge in [0, 0.05) is 51.3 Å². The Balaban J connectivity index is 1.48. The van der Waals surface area contributed by atoms with Gasteiger partial charge in [-0.3, -0.25) is 4.90 Å². The van der Waals surface area contributed by atoms with Gasteiger partial charge in [0.1, 0.15) is 5.69 Å².